The van der Waals surface area contributed by atoms with Crippen LogP contribution >= 0.6 is 27.3 Å². The number of hydrogen-bond donors (Lipinski definition) is 1. The van der Waals surface area contributed by atoms with Crippen molar-refractivity contribution in [3.05, 3.63) is 97.3 Å². The van der Waals surface area contributed by atoms with Crippen molar-refractivity contribution in [1.29, 1.82) is 0 Å². The molecule has 7 nitrogen and oxygen atoms in total. The molecule has 0 spiro atoms. The Labute approximate surface area is 227 Å². The third-order valence-corrected chi connectivity index (χ3v) is 7.64. The molecule has 1 saturated heterocycles. The molecular formula is C27H26BrFN4O3S. The average Bonchev–Trinajstić information content (AvgIpc) is 3.43. The molecule has 0 saturated carbocycles. The molecule has 0 radical (unpaired) electrons. The van der Waals surface area contributed by atoms with E-state index in [4.69, 9.17) is 14.5 Å². The number of hydrogen-bond acceptors (Lipinski definition) is 8. The highest BCUT2D eigenvalue weighted by Crippen LogP contribution is 2.37. The maximum atomic E-state index is 14.0. The molecule has 192 valence electrons. The van der Waals surface area contributed by atoms with Gasteiger partial charge in [-0.1, -0.05) is 51.8 Å². The SMILES string of the molecule is Cc1cccc(COC(=O)C2=C(CN3CCOCC3)NC(c3nccs3)=NC2c2ccc(F)cc2Br)c1. The van der Waals surface area contributed by atoms with E-state index in [1.807, 2.05) is 36.6 Å². The first-order valence-electron chi connectivity index (χ1n) is 11.9. The minimum atomic E-state index is -0.712. The summed E-state index contributed by atoms with van der Waals surface area (Å²) in [6.45, 7) is 5.35. The third kappa shape index (κ3) is 6.15. The summed E-state index contributed by atoms with van der Waals surface area (Å²) in [6, 6.07) is 11.5. The number of ether oxygens (including phenoxy) is 2. The number of aromatic nitrogens is 1. The third-order valence-electron chi connectivity index (χ3n) is 6.18. The first-order valence-corrected chi connectivity index (χ1v) is 13.6. The average molecular weight is 585 g/mol. The van der Waals surface area contributed by atoms with Gasteiger partial charge < -0.3 is 14.8 Å². The van der Waals surface area contributed by atoms with Crippen molar-refractivity contribution in [2.24, 2.45) is 4.99 Å². The standard InChI is InChI=1S/C27H26BrFN4O3S/c1-17-3-2-4-18(13-17)16-36-27(34)23-22(15-33-8-10-35-11-9-33)31-25(26-30-7-12-37-26)32-24(23)20-6-5-19(29)14-21(20)28/h2-7,12-14,24H,8-11,15-16H2,1H3,(H,31,32). The fourth-order valence-corrected chi connectivity index (χ4v) is 5.52. The molecule has 3 aromatic rings. The van der Waals surface area contributed by atoms with E-state index in [9.17, 15) is 9.18 Å². The van der Waals surface area contributed by atoms with Gasteiger partial charge >= 0.3 is 5.97 Å². The lowest BCUT2D eigenvalue weighted by atomic mass is 9.95. The van der Waals surface area contributed by atoms with Gasteiger partial charge in [0.15, 0.2) is 10.8 Å². The number of thiazole rings is 1. The fourth-order valence-electron chi connectivity index (χ4n) is 4.37. The number of esters is 1. The maximum Gasteiger partial charge on any atom is 0.338 e. The number of morpholine rings is 1. The number of nitrogens with one attached hydrogen (secondary N) is 1. The van der Waals surface area contributed by atoms with Crippen LogP contribution in [0.1, 0.15) is 27.7 Å². The van der Waals surface area contributed by atoms with Gasteiger partial charge in [-0.15, -0.1) is 11.3 Å². The van der Waals surface area contributed by atoms with E-state index in [1.54, 1.807) is 12.3 Å². The number of amidine groups is 1. The van der Waals surface area contributed by atoms with Crippen molar-refractivity contribution < 1.29 is 18.7 Å². The Bertz CT molecular complexity index is 1340. The smallest absolute Gasteiger partial charge is 0.338 e. The van der Waals surface area contributed by atoms with Crippen molar-refractivity contribution in [2.75, 3.05) is 32.8 Å². The molecule has 1 unspecified atom stereocenters. The molecule has 3 heterocycles. The van der Waals surface area contributed by atoms with Crippen LogP contribution in [-0.4, -0.2) is 54.5 Å². The van der Waals surface area contributed by atoms with Crippen LogP contribution in [0.2, 0.25) is 0 Å². The lowest BCUT2D eigenvalue weighted by Crippen LogP contribution is -2.43. The largest absolute Gasteiger partial charge is 0.457 e. The zero-order chi connectivity index (χ0) is 25.8. The van der Waals surface area contributed by atoms with Crippen LogP contribution in [0.3, 0.4) is 0 Å². The Morgan fingerprint density at radius 2 is 2.11 bits per heavy atom. The van der Waals surface area contributed by atoms with Crippen LogP contribution in [0, 0.1) is 12.7 Å². The molecule has 0 amide bonds. The summed E-state index contributed by atoms with van der Waals surface area (Å²) in [5.74, 6) is -0.287. The number of rotatable bonds is 7. The lowest BCUT2D eigenvalue weighted by Gasteiger charge is -2.32. The number of carbonyl (C=O) groups excluding carboxylic acids is 1. The quantitative estimate of drug-likeness (QED) is 0.403. The second-order valence-corrected chi connectivity index (χ2v) is 10.6. The van der Waals surface area contributed by atoms with Crippen LogP contribution < -0.4 is 5.32 Å². The van der Waals surface area contributed by atoms with Gasteiger partial charge in [-0.05, 0) is 30.2 Å². The Kier molecular flexibility index (Phi) is 8.09. The van der Waals surface area contributed by atoms with E-state index in [0.717, 1.165) is 24.2 Å². The van der Waals surface area contributed by atoms with Gasteiger partial charge in [-0.3, -0.25) is 9.89 Å². The Morgan fingerprint density at radius 1 is 1.27 bits per heavy atom. The second-order valence-electron chi connectivity index (χ2n) is 8.85. The van der Waals surface area contributed by atoms with E-state index in [0.29, 0.717) is 51.9 Å². The van der Waals surface area contributed by atoms with E-state index in [-0.39, 0.29) is 12.4 Å². The first-order chi connectivity index (χ1) is 18.0. The fraction of sp³-hybridized carbons (Fsp3) is 0.296. The number of aliphatic imine (C=N–C) groups is 1. The van der Waals surface area contributed by atoms with E-state index < -0.39 is 12.0 Å². The molecule has 1 N–H and O–H groups in total. The topological polar surface area (TPSA) is 76.0 Å². The van der Waals surface area contributed by atoms with Crippen LogP contribution in [0.4, 0.5) is 4.39 Å². The van der Waals surface area contributed by atoms with Gasteiger partial charge in [-0.25, -0.2) is 14.2 Å². The zero-order valence-corrected chi connectivity index (χ0v) is 22.6. The normalized spacial score (nSPS) is 18.4. The van der Waals surface area contributed by atoms with Crippen molar-refractivity contribution in [1.82, 2.24) is 15.2 Å². The highest BCUT2D eigenvalue weighted by atomic mass is 79.9. The lowest BCUT2D eigenvalue weighted by molar-refractivity contribution is -0.140. The number of benzene rings is 2. The molecule has 0 bridgehead atoms. The summed E-state index contributed by atoms with van der Waals surface area (Å²) in [4.78, 5) is 25.3. The van der Waals surface area contributed by atoms with Gasteiger partial charge in [0.05, 0.1) is 18.8 Å². The first kappa shape index (κ1) is 25.7. The predicted octanol–water partition coefficient (Wildman–Crippen LogP) is 4.77. The van der Waals surface area contributed by atoms with E-state index in [2.05, 4.69) is 31.1 Å². The van der Waals surface area contributed by atoms with Gasteiger partial charge in [0.2, 0.25) is 0 Å². The zero-order valence-electron chi connectivity index (χ0n) is 20.2. The van der Waals surface area contributed by atoms with E-state index in [1.165, 1.54) is 23.5 Å². The Morgan fingerprint density at radius 3 is 2.84 bits per heavy atom. The van der Waals surface area contributed by atoms with Crippen LogP contribution in [0.25, 0.3) is 0 Å². The summed E-state index contributed by atoms with van der Waals surface area (Å²) in [6.07, 6.45) is 1.71. The molecule has 2 aliphatic rings. The summed E-state index contributed by atoms with van der Waals surface area (Å²) in [5, 5.41) is 5.95. The minimum Gasteiger partial charge on any atom is -0.457 e. The highest BCUT2D eigenvalue weighted by Gasteiger charge is 2.35. The number of aryl methyl sites for hydroxylation is 1. The Hall–Kier alpha value is -2.92. The molecule has 0 aliphatic carbocycles. The maximum absolute atomic E-state index is 14.0. The van der Waals surface area contributed by atoms with Gasteiger partial charge in [0, 0.05) is 41.4 Å². The van der Waals surface area contributed by atoms with Crippen molar-refractivity contribution in [3.63, 3.8) is 0 Å². The summed E-state index contributed by atoms with van der Waals surface area (Å²) < 4.78 is 25.9. The van der Waals surface area contributed by atoms with Crippen molar-refractivity contribution in [2.45, 2.75) is 19.6 Å². The number of carbonyl (C=O) groups is 1. The predicted molar refractivity (Wildman–Crippen MR) is 144 cm³/mol. The Balaban J connectivity index is 1.55. The van der Waals surface area contributed by atoms with Crippen LogP contribution in [-0.2, 0) is 20.9 Å². The van der Waals surface area contributed by atoms with Crippen molar-refractivity contribution >= 4 is 39.1 Å². The molecule has 37 heavy (non-hydrogen) atoms. The van der Waals surface area contributed by atoms with Gasteiger partial charge in [-0.2, -0.15) is 0 Å². The summed E-state index contributed by atoms with van der Waals surface area (Å²) in [5.41, 5.74) is 3.74. The molecule has 1 atom stereocenters. The van der Waals surface area contributed by atoms with Gasteiger partial charge in [0.25, 0.3) is 0 Å². The number of halogens is 2. The summed E-state index contributed by atoms with van der Waals surface area (Å²) in [7, 11) is 0. The second kappa shape index (κ2) is 11.6. The molecule has 1 aromatic heterocycles. The monoisotopic (exact) mass is 584 g/mol. The highest BCUT2D eigenvalue weighted by molar-refractivity contribution is 9.10. The van der Waals surface area contributed by atoms with Crippen LogP contribution in [0.15, 0.2) is 74.8 Å². The molecule has 2 aliphatic heterocycles. The molecule has 5 rings (SSSR count). The molecule has 2 aromatic carbocycles. The van der Waals surface area contributed by atoms with Crippen molar-refractivity contribution in [3.8, 4) is 0 Å². The minimum absolute atomic E-state index is 0.134. The molecule has 1 fully saturated rings. The molecular weight excluding hydrogens is 559 g/mol. The van der Waals surface area contributed by atoms with E-state index >= 15 is 0 Å². The summed E-state index contributed by atoms with van der Waals surface area (Å²) >= 11 is 4.94. The number of nitrogens with zero attached hydrogens (tertiary/aromatic N) is 3. The molecule has 10 heteroatoms. The van der Waals surface area contributed by atoms with Gasteiger partial charge in [0.1, 0.15) is 18.5 Å². The van der Waals surface area contributed by atoms with Crippen LogP contribution in [0.5, 0.6) is 0 Å².